The lowest BCUT2D eigenvalue weighted by Gasteiger charge is -2.14. The number of aromatic nitrogens is 2. The van der Waals surface area contributed by atoms with E-state index >= 15 is 0 Å². The number of carbonyl (C=O) groups is 1. The van der Waals surface area contributed by atoms with E-state index in [-0.39, 0.29) is 12.5 Å². The average Bonchev–Trinajstić information content (AvgIpc) is 3.23. The Morgan fingerprint density at radius 2 is 2.29 bits per heavy atom. The van der Waals surface area contributed by atoms with Crippen LogP contribution in [0.5, 0.6) is 5.75 Å². The zero-order valence-electron chi connectivity index (χ0n) is 12.7. The predicted octanol–water partition coefficient (Wildman–Crippen LogP) is 3.54. The van der Waals surface area contributed by atoms with Gasteiger partial charge >= 0.3 is 0 Å². The lowest BCUT2D eigenvalue weighted by atomic mass is 10.3. The summed E-state index contributed by atoms with van der Waals surface area (Å²) < 4.78 is 10.7. The maximum atomic E-state index is 12.1. The molecule has 3 rings (SSSR count). The number of hydrogen-bond donors (Lipinski definition) is 1. The summed E-state index contributed by atoms with van der Waals surface area (Å²) in [6, 6.07) is 10.7. The van der Waals surface area contributed by atoms with Crippen molar-refractivity contribution >= 4 is 28.8 Å². The molecule has 124 valence electrons. The minimum absolute atomic E-state index is 0.139. The van der Waals surface area contributed by atoms with Gasteiger partial charge in [0.25, 0.3) is 5.91 Å². The first-order valence-corrected chi connectivity index (χ1v) is 8.44. The van der Waals surface area contributed by atoms with E-state index in [1.165, 1.54) is 11.3 Å². The topological polar surface area (TPSA) is 77.2 Å². The lowest BCUT2D eigenvalue weighted by molar-refractivity contribution is -0.127. The van der Waals surface area contributed by atoms with Crippen molar-refractivity contribution in [3.05, 3.63) is 52.7 Å². The maximum absolute atomic E-state index is 12.1. The van der Waals surface area contributed by atoms with E-state index in [0.29, 0.717) is 22.5 Å². The smallest absolute Gasteiger partial charge is 0.261 e. The zero-order valence-corrected chi connectivity index (χ0v) is 14.3. The molecule has 1 amide bonds. The molecule has 0 fully saturated rings. The number of carbonyl (C=O) groups excluding carboxylic acids is 1. The van der Waals surface area contributed by atoms with E-state index in [9.17, 15) is 4.79 Å². The Kier molecular flexibility index (Phi) is 5.12. The van der Waals surface area contributed by atoms with Gasteiger partial charge in [0, 0.05) is 5.02 Å². The molecule has 0 aliphatic carbocycles. The normalized spacial score (nSPS) is 11.9. The highest BCUT2D eigenvalue weighted by Gasteiger charge is 2.16. The number of hydrogen-bond acceptors (Lipinski definition) is 6. The molecule has 2 heterocycles. The molecule has 0 unspecified atom stereocenters. The van der Waals surface area contributed by atoms with Gasteiger partial charge in [0.2, 0.25) is 11.7 Å². The van der Waals surface area contributed by atoms with Crippen LogP contribution in [0.3, 0.4) is 0 Å². The average molecular weight is 364 g/mol. The number of halogens is 1. The molecule has 1 N–H and O–H groups in total. The Hall–Kier alpha value is -2.38. The lowest BCUT2D eigenvalue weighted by Crippen LogP contribution is -2.35. The molecule has 0 spiro atoms. The number of amides is 1. The van der Waals surface area contributed by atoms with Gasteiger partial charge in [0.1, 0.15) is 5.75 Å². The van der Waals surface area contributed by atoms with Crippen LogP contribution in [0.4, 0.5) is 0 Å². The molecule has 0 aliphatic rings. The van der Waals surface area contributed by atoms with Gasteiger partial charge in [-0.25, -0.2) is 0 Å². The molecule has 0 radical (unpaired) electrons. The molecule has 0 saturated heterocycles. The van der Waals surface area contributed by atoms with Crippen LogP contribution < -0.4 is 10.1 Å². The standard InChI is InChI=1S/C16H14ClN3O3S/c1-10(22-12-5-2-4-11(17)8-12)16(21)18-9-14-19-15(20-23-14)13-6-3-7-24-13/h2-8,10H,9H2,1H3,(H,18,21)/t10-/m0/s1. The molecule has 1 atom stereocenters. The summed E-state index contributed by atoms with van der Waals surface area (Å²) in [6.07, 6.45) is -0.678. The minimum Gasteiger partial charge on any atom is -0.481 e. The summed E-state index contributed by atoms with van der Waals surface area (Å²) in [6.45, 7) is 1.79. The molecule has 0 aliphatic heterocycles. The van der Waals surface area contributed by atoms with Gasteiger partial charge < -0.3 is 14.6 Å². The molecule has 3 aromatic rings. The Morgan fingerprint density at radius 3 is 3.04 bits per heavy atom. The molecular weight excluding hydrogens is 350 g/mol. The van der Waals surface area contributed by atoms with Gasteiger partial charge in [0.05, 0.1) is 11.4 Å². The summed E-state index contributed by atoms with van der Waals surface area (Å²) in [7, 11) is 0. The van der Waals surface area contributed by atoms with E-state index < -0.39 is 6.10 Å². The highest BCUT2D eigenvalue weighted by molar-refractivity contribution is 7.13. The Morgan fingerprint density at radius 1 is 1.42 bits per heavy atom. The quantitative estimate of drug-likeness (QED) is 0.724. The fraction of sp³-hybridized carbons (Fsp3) is 0.188. The number of nitrogens with one attached hydrogen (secondary N) is 1. The van der Waals surface area contributed by atoms with Crippen molar-refractivity contribution in [1.29, 1.82) is 0 Å². The predicted molar refractivity (Wildman–Crippen MR) is 91.0 cm³/mol. The number of ether oxygens (including phenoxy) is 1. The second kappa shape index (κ2) is 7.46. The first kappa shape index (κ1) is 16.5. The van der Waals surface area contributed by atoms with E-state index in [1.807, 2.05) is 17.5 Å². The highest BCUT2D eigenvalue weighted by Crippen LogP contribution is 2.21. The molecule has 0 saturated carbocycles. The third kappa shape index (κ3) is 4.12. The number of thiophene rings is 1. The zero-order chi connectivity index (χ0) is 16.9. The van der Waals surface area contributed by atoms with Gasteiger partial charge in [-0.05, 0) is 36.6 Å². The third-order valence-corrected chi connectivity index (χ3v) is 4.20. The van der Waals surface area contributed by atoms with E-state index in [0.717, 1.165) is 4.88 Å². The van der Waals surface area contributed by atoms with E-state index in [2.05, 4.69) is 15.5 Å². The summed E-state index contributed by atoms with van der Waals surface area (Å²) >= 11 is 7.40. The molecule has 2 aromatic heterocycles. The third-order valence-electron chi connectivity index (χ3n) is 3.10. The molecular formula is C16H14ClN3O3S. The van der Waals surface area contributed by atoms with Crippen molar-refractivity contribution in [3.63, 3.8) is 0 Å². The summed E-state index contributed by atoms with van der Waals surface area (Å²) in [5.41, 5.74) is 0. The van der Waals surface area contributed by atoms with Crippen LogP contribution in [0.15, 0.2) is 46.3 Å². The largest absolute Gasteiger partial charge is 0.481 e. The van der Waals surface area contributed by atoms with Crippen LogP contribution in [0.25, 0.3) is 10.7 Å². The number of nitrogens with zero attached hydrogens (tertiary/aromatic N) is 2. The fourth-order valence-electron chi connectivity index (χ4n) is 1.94. The SMILES string of the molecule is C[C@H](Oc1cccc(Cl)c1)C(=O)NCc1nc(-c2cccs2)no1. The molecule has 6 nitrogen and oxygen atoms in total. The highest BCUT2D eigenvalue weighted by atomic mass is 35.5. The Bertz CT molecular complexity index is 820. The van der Waals surface area contributed by atoms with Gasteiger partial charge in [0.15, 0.2) is 6.10 Å². The molecule has 0 bridgehead atoms. The number of benzene rings is 1. The van der Waals surface area contributed by atoms with Crippen LogP contribution >= 0.6 is 22.9 Å². The summed E-state index contributed by atoms with van der Waals surface area (Å²) in [4.78, 5) is 17.2. The Labute approximate surface area is 147 Å². The van der Waals surface area contributed by atoms with Crippen molar-refractivity contribution < 1.29 is 14.1 Å². The van der Waals surface area contributed by atoms with Crippen molar-refractivity contribution in [3.8, 4) is 16.5 Å². The number of rotatable bonds is 6. The van der Waals surface area contributed by atoms with E-state index in [1.54, 1.807) is 31.2 Å². The van der Waals surface area contributed by atoms with Crippen LogP contribution in [0, 0.1) is 0 Å². The first-order chi connectivity index (χ1) is 11.6. The monoisotopic (exact) mass is 363 g/mol. The van der Waals surface area contributed by atoms with Crippen LogP contribution in [0.2, 0.25) is 5.02 Å². The fourth-order valence-corrected chi connectivity index (χ4v) is 2.77. The summed E-state index contributed by atoms with van der Waals surface area (Å²) in [5.74, 6) is 1.09. The van der Waals surface area contributed by atoms with Crippen LogP contribution in [-0.2, 0) is 11.3 Å². The molecule has 8 heteroatoms. The van der Waals surface area contributed by atoms with Crippen molar-refractivity contribution in [2.24, 2.45) is 0 Å². The van der Waals surface area contributed by atoms with Crippen molar-refractivity contribution in [2.45, 2.75) is 19.6 Å². The van der Waals surface area contributed by atoms with Crippen molar-refractivity contribution in [1.82, 2.24) is 15.5 Å². The molecule has 24 heavy (non-hydrogen) atoms. The van der Waals surface area contributed by atoms with E-state index in [4.69, 9.17) is 20.9 Å². The van der Waals surface area contributed by atoms with Gasteiger partial charge in [-0.1, -0.05) is 28.9 Å². The van der Waals surface area contributed by atoms with Crippen LogP contribution in [-0.4, -0.2) is 22.2 Å². The second-order valence-corrected chi connectivity index (χ2v) is 6.31. The second-order valence-electron chi connectivity index (χ2n) is 4.92. The molecule has 1 aromatic carbocycles. The van der Waals surface area contributed by atoms with Crippen LogP contribution in [0.1, 0.15) is 12.8 Å². The summed E-state index contributed by atoms with van der Waals surface area (Å²) in [5, 5.41) is 9.07. The van der Waals surface area contributed by atoms with Gasteiger partial charge in [-0.3, -0.25) is 4.79 Å². The maximum Gasteiger partial charge on any atom is 0.261 e. The van der Waals surface area contributed by atoms with Gasteiger partial charge in [-0.15, -0.1) is 11.3 Å². The minimum atomic E-state index is -0.678. The Balaban J connectivity index is 1.53. The van der Waals surface area contributed by atoms with Gasteiger partial charge in [-0.2, -0.15) is 4.98 Å². The first-order valence-electron chi connectivity index (χ1n) is 7.18. The van der Waals surface area contributed by atoms with Crippen molar-refractivity contribution in [2.75, 3.05) is 0 Å².